The van der Waals surface area contributed by atoms with Gasteiger partial charge in [0.25, 0.3) is 5.91 Å². The molecule has 1 saturated carbocycles. The summed E-state index contributed by atoms with van der Waals surface area (Å²) in [6, 6.07) is 2.51. The molecule has 5 rings (SSSR count). The minimum atomic E-state index is -0.650. The van der Waals surface area contributed by atoms with E-state index in [0.717, 1.165) is 24.2 Å². The van der Waals surface area contributed by atoms with Crippen molar-refractivity contribution < 1.29 is 23.1 Å². The summed E-state index contributed by atoms with van der Waals surface area (Å²) in [6.45, 7) is 8.77. The van der Waals surface area contributed by atoms with E-state index in [9.17, 15) is 18.4 Å². The summed E-state index contributed by atoms with van der Waals surface area (Å²) in [4.78, 5) is 33.3. The fourth-order valence-corrected chi connectivity index (χ4v) is 5.40. The van der Waals surface area contributed by atoms with Crippen LogP contribution in [0.3, 0.4) is 0 Å². The van der Waals surface area contributed by atoms with Crippen molar-refractivity contribution in [1.82, 2.24) is 14.3 Å². The highest BCUT2D eigenvalue weighted by Gasteiger charge is 2.54. The molecule has 4 heterocycles. The second-order valence-corrected chi connectivity index (χ2v) is 11.2. The van der Waals surface area contributed by atoms with E-state index in [4.69, 9.17) is 4.74 Å². The summed E-state index contributed by atoms with van der Waals surface area (Å²) >= 11 is 1.04. The molecule has 0 bridgehead atoms. The molecule has 0 aromatic carbocycles. The third kappa shape index (κ3) is 4.56. The molecule has 11 heteroatoms. The number of thiophene rings is 1. The number of imidazole rings is 1. The number of aromatic nitrogens is 2. The number of aryl methyl sites for hydroxylation is 1. The molecule has 0 atom stereocenters. The van der Waals surface area contributed by atoms with E-state index in [1.54, 1.807) is 18.0 Å². The number of hydrogen-bond acceptors (Lipinski definition) is 6. The predicted octanol–water partition coefficient (Wildman–Crippen LogP) is 4.82. The van der Waals surface area contributed by atoms with Crippen molar-refractivity contribution >= 4 is 39.7 Å². The molecule has 1 N–H and O–H groups in total. The van der Waals surface area contributed by atoms with Gasteiger partial charge in [-0.05, 0) is 40.5 Å². The first-order chi connectivity index (χ1) is 16.4. The van der Waals surface area contributed by atoms with Crippen LogP contribution in [-0.4, -0.2) is 57.1 Å². The summed E-state index contributed by atoms with van der Waals surface area (Å²) in [6.07, 6.45) is 4.56. The van der Waals surface area contributed by atoms with Crippen LogP contribution in [0.15, 0.2) is 24.5 Å². The van der Waals surface area contributed by atoms with E-state index in [0.29, 0.717) is 30.3 Å². The molecule has 0 radical (unpaired) electrons. The highest BCUT2D eigenvalue weighted by atomic mass is 32.1. The lowest BCUT2D eigenvalue weighted by atomic mass is 10.1. The lowest BCUT2D eigenvalue weighted by Crippen LogP contribution is -2.57. The normalized spacial score (nSPS) is 17.2. The number of anilines is 2. The van der Waals surface area contributed by atoms with Gasteiger partial charge in [-0.2, -0.15) is 0 Å². The summed E-state index contributed by atoms with van der Waals surface area (Å²) < 4.78 is 36.2. The Morgan fingerprint density at radius 2 is 1.89 bits per heavy atom. The Kier molecular flexibility index (Phi) is 5.50. The summed E-state index contributed by atoms with van der Waals surface area (Å²) in [5.41, 5.74) is 0.105. The minimum absolute atomic E-state index is 0.0817. The molecule has 3 aromatic heterocycles. The van der Waals surface area contributed by atoms with E-state index < -0.39 is 23.1 Å². The number of carbonyl (C=O) groups excluding carboxylic acids is 2. The molecular weight excluding hydrogens is 476 g/mol. The third-order valence-electron chi connectivity index (χ3n) is 6.17. The van der Waals surface area contributed by atoms with Crippen LogP contribution >= 0.6 is 11.3 Å². The smallest absolute Gasteiger partial charge is 0.410 e. The maximum atomic E-state index is 14.8. The molecular formula is C24H27F2N5O3S. The molecule has 0 unspecified atom stereocenters. The predicted molar refractivity (Wildman–Crippen MR) is 129 cm³/mol. The Bertz CT molecular complexity index is 1320. The maximum absolute atomic E-state index is 14.8. The Balaban J connectivity index is 1.30. The SMILES string of the molecule is Cc1cn2cc(NC(=O)c3sc(N4CCN(C(=O)OC(C)(C)C)C5(CC5)C4)cc3F)cc(F)c2n1. The average Bonchev–Trinajstić information content (AvgIpc) is 3.21. The van der Waals surface area contributed by atoms with Gasteiger partial charge in [-0.25, -0.2) is 18.6 Å². The number of rotatable bonds is 3. The number of halogens is 2. The van der Waals surface area contributed by atoms with Crippen LogP contribution in [-0.2, 0) is 4.74 Å². The van der Waals surface area contributed by atoms with Crippen molar-refractivity contribution in [3.63, 3.8) is 0 Å². The van der Waals surface area contributed by atoms with E-state index >= 15 is 0 Å². The molecule has 2 amide bonds. The maximum Gasteiger partial charge on any atom is 0.410 e. The second-order valence-electron chi connectivity index (χ2n) is 10.2. The number of amides is 2. The van der Waals surface area contributed by atoms with Gasteiger partial charge in [-0.3, -0.25) is 9.69 Å². The number of fused-ring (bicyclic) bond motifs is 1. The van der Waals surface area contributed by atoms with Gasteiger partial charge in [-0.1, -0.05) is 0 Å². The van der Waals surface area contributed by atoms with Crippen LogP contribution in [0.25, 0.3) is 5.65 Å². The highest BCUT2D eigenvalue weighted by Crippen LogP contribution is 2.46. The van der Waals surface area contributed by atoms with Crippen molar-refractivity contribution in [1.29, 1.82) is 0 Å². The van der Waals surface area contributed by atoms with E-state index in [1.807, 2.05) is 25.7 Å². The first kappa shape index (κ1) is 23.5. The Morgan fingerprint density at radius 1 is 1.14 bits per heavy atom. The molecule has 1 aliphatic carbocycles. The number of nitrogens with zero attached hydrogens (tertiary/aromatic N) is 4. The number of ether oxygens (including phenoxy) is 1. The second kappa shape index (κ2) is 8.18. The van der Waals surface area contributed by atoms with Gasteiger partial charge < -0.3 is 19.4 Å². The quantitative estimate of drug-likeness (QED) is 0.554. The molecule has 1 saturated heterocycles. The molecule has 8 nitrogen and oxygen atoms in total. The first-order valence-electron chi connectivity index (χ1n) is 11.5. The molecule has 2 aliphatic rings. The molecule has 1 spiro atoms. The van der Waals surface area contributed by atoms with Crippen LogP contribution in [0, 0.1) is 18.6 Å². The van der Waals surface area contributed by atoms with Gasteiger partial charge in [0.05, 0.1) is 21.9 Å². The van der Waals surface area contributed by atoms with Gasteiger partial charge in [-0.15, -0.1) is 11.3 Å². The average molecular weight is 504 g/mol. The van der Waals surface area contributed by atoms with E-state index in [2.05, 4.69) is 10.3 Å². The van der Waals surface area contributed by atoms with Gasteiger partial charge in [0.15, 0.2) is 11.5 Å². The lowest BCUT2D eigenvalue weighted by Gasteiger charge is -2.42. The number of piperazine rings is 1. The van der Waals surface area contributed by atoms with Crippen LogP contribution in [0.2, 0.25) is 0 Å². The van der Waals surface area contributed by atoms with Crippen molar-refractivity contribution in [2.24, 2.45) is 0 Å². The van der Waals surface area contributed by atoms with E-state index in [-0.39, 0.29) is 27.8 Å². The fraction of sp³-hybridized carbons (Fsp3) is 0.458. The standard InChI is InChI=1S/C24H27F2N5O3S/c1-14-11-30-12-15(9-17(26)20(30)27-14)28-21(32)19-16(25)10-18(35-19)29-7-8-31(24(13-29)5-6-24)22(33)34-23(2,3)4/h9-12H,5-8,13H2,1-4H3,(H,28,32). The highest BCUT2D eigenvalue weighted by molar-refractivity contribution is 7.18. The van der Waals surface area contributed by atoms with Gasteiger partial charge in [0.2, 0.25) is 0 Å². The zero-order valence-corrected chi connectivity index (χ0v) is 20.8. The monoisotopic (exact) mass is 503 g/mol. The van der Waals surface area contributed by atoms with Crippen LogP contribution in [0.4, 0.5) is 24.3 Å². The van der Waals surface area contributed by atoms with Crippen molar-refractivity contribution in [2.75, 3.05) is 29.9 Å². The summed E-state index contributed by atoms with van der Waals surface area (Å²) in [5, 5.41) is 3.20. The Labute approximate surface area is 205 Å². The fourth-order valence-electron chi connectivity index (χ4n) is 4.44. The minimum Gasteiger partial charge on any atom is -0.444 e. The summed E-state index contributed by atoms with van der Waals surface area (Å²) in [7, 11) is 0. The van der Waals surface area contributed by atoms with Crippen LogP contribution in [0.1, 0.15) is 49.0 Å². The zero-order valence-electron chi connectivity index (χ0n) is 20.0. The molecule has 3 aromatic rings. The Morgan fingerprint density at radius 3 is 2.57 bits per heavy atom. The Hall–Kier alpha value is -3.21. The molecule has 186 valence electrons. The van der Waals surface area contributed by atoms with Crippen LogP contribution in [0.5, 0.6) is 0 Å². The first-order valence-corrected chi connectivity index (χ1v) is 12.3. The van der Waals surface area contributed by atoms with Gasteiger partial charge in [0, 0.05) is 44.2 Å². The lowest BCUT2D eigenvalue weighted by molar-refractivity contribution is 0.0107. The number of carbonyl (C=O) groups is 2. The summed E-state index contributed by atoms with van der Waals surface area (Å²) in [5.74, 6) is -1.87. The van der Waals surface area contributed by atoms with Crippen molar-refractivity contribution in [3.8, 4) is 0 Å². The molecule has 1 aliphatic heterocycles. The van der Waals surface area contributed by atoms with E-state index in [1.165, 1.54) is 22.7 Å². The van der Waals surface area contributed by atoms with Crippen molar-refractivity contribution in [2.45, 2.75) is 51.7 Å². The number of nitrogens with one attached hydrogen (secondary N) is 1. The van der Waals surface area contributed by atoms with Gasteiger partial charge >= 0.3 is 6.09 Å². The largest absolute Gasteiger partial charge is 0.444 e. The molecule has 2 fully saturated rings. The third-order valence-corrected chi connectivity index (χ3v) is 7.34. The van der Waals surface area contributed by atoms with Gasteiger partial charge in [0.1, 0.15) is 16.3 Å². The number of hydrogen-bond donors (Lipinski definition) is 1. The zero-order chi connectivity index (χ0) is 25.1. The van der Waals surface area contributed by atoms with Crippen molar-refractivity contribution in [3.05, 3.63) is 46.7 Å². The molecule has 35 heavy (non-hydrogen) atoms. The topological polar surface area (TPSA) is 79.2 Å². The number of pyridine rings is 1. The van der Waals surface area contributed by atoms with Crippen LogP contribution < -0.4 is 10.2 Å².